The molecule has 1 saturated carbocycles. The predicted octanol–water partition coefficient (Wildman–Crippen LogP) is 6.22. The zero-order valence-corrected chi connectivity index (χ0v) is 27.9. The van der Waals surface area contributed by atoms with Gasteiger partial charge in [-0.15, -0.1) is 0 Å². The molecule has 49 heavy (non-hydrogen) atoms. The number of ether oxygens (including phenoxy) is 3. The molecule has 262 valence electrons. The molecule has 1 aliphatic carbocycles. The number of pyridine rings is 3. The lowest BCUT2D eigenvalue weighted by atomic mass is 9.86. The Labute approximate surface area is 281 Å². The fourth-order valence-corrected chi connectivity index (χ4v) is 6.23. The Morgan fingerprint density at radius 2 is 1.84 bits per heavy atom. The SMILES string of the molecule is CCOC(=O)CCc1ccc(C(=O)Nc2nc3nc(-c4cc(OCC)nc(C(F)(F)F)c4)cc(N(C)CC4(COC)CCCC4)c3[nH]2)nc1. The minimum Gasteiger partial charge on any atom is -0.478 e. The lowest BCUT2D eigenvalue weighted by Gasteiger charge is -2.34. The predicted molar refractivity (Wildman–Crippen MR) is 176 cm³/mol. The average molecular weight is 684 g/mol. The van der Waals surface area contributed by atoms with Gasteiger partial charge in [-0.2, -0.15) is 18.2 Å². The highest BCUT2D eigenvalue weighted by molar-refractivity contribution is 6.03. The molecule has 1 aliphatic rings. The van der Waals surface area contributed by atoms with Crippen molar-refractivity contribution in [2.45, 2.75) is 58.5 Å². The molecule has 15 heteroatoms. The molecule has 5 rings (SSSR count). The van der Waals surface area contributed by atoms with Crippen LogP contribution in [-0.2, 0) is 26.9 Å². The third kappa shape index (κ3) is 8.63. The number of rotatable bonds is 14. The number of imidazole rings is 1. The zero-order valence-electron chi connectivity index (χ0n) is 27.9. The molecule has 12 nitrogen and oxygen atoms in total. The number of anilines is 2. The van der Waals surface area contributed by atoms with Gasteiger partial charge in [-0.3, -0.25) is 19.9 Å². The molecular weight excluding hydrogens is 643 g/mol. The van der Waals surface area contributed by atoms with E-state index in [0.29, 0.717) is 37.4 Å². The van der Waals surface area contributed by atoms with Gasteiger partial charge < -0.3 is 24.1 Å². The van der Waals surface area contributed by atoms with E-state index in [1.807, 2.05) is 11.9 Å². The summed E-state index contributed by atoms with van der Waals surface area (Å²) in [5.74, 6) is -0.946. The largest absolute Gasteiger partial charge is 0.478 e. The highest BCUT2D eigenvalue weighted by Crippen LogP contribution is 2.41. The first kappa shape index (κ1) is 35.5. The number of aryl methyl sites for hydroxylation is 1. The van der Waals surface area contributed by atoms with Gasteiger partial charge in [-0.05, 0) is 56.9 Å². The second-order valence-corrected chi connectivity index (χ2v) is 12.1. The Kier molecular flexibility index (Phi) is 11.0. The summed E-state index contributed by atoms with van der Waals surface area (Å²) in [6, 6.07) is 7.30. The van der Waals surface area contributed by atoms with Gasteiger partial charge in [0, 0.05) is 50.4 Å². The van der Waals surface area contributed by atoms with E-state index >= 15 is 0 Å². The van der Waals surface area contributed by atoms with Crippen LogP contribution in [0.1, 0.15) is 67.7 Å². The number of aromatic amines is 1. The molecule has 0 aliphatic heterocycles. The first-order chi connectivity index (χ1) is 23.4. The summed E-state index contributed by atoms with van der Waals surface area (Å²) < 4.78 is 57.5. The summed E-state index contributed by atoms with van der Waals surface area (Å²) in [6.07, 6.45) is 1.52. The van der Waals surface area contributed by atoms with E-state index in [4.69, 9.17) is 14.2 Å². The second kappa shape index (κ2) is 15.2. The normalized spacial score (nSPS) is 14.2. The first-order valence-corrected chi connectivity index (χ1v) is 16.2. The van der Waals surface area contributed by atoms with Gasteiger partial charge in [0.2, 0.25) is 11.8 Å². The van der Waals surface area contributed by atoms with Crippen LogP contribution in [0.5, 0.6) is 5.88 Å². The van der Waals surface area contributed by atoms with E-state index in [1.165, 1.54) is 12.3 Å². The fourth-order valence-electron chi connectivity index (χ4n) is 6.23. The summed E-state index contributed by atoms with van der Waals surface area (Å²) in [5.41, 5.74) is 1.35. The van der Waals surface area contributed by atoms with Crippen molar-refractivity contribution in [2.24, 2.45) is 5.41 Å². The van der Waals surface area contributed by atoms with Crippen LogP contribution in [0.15, 0.2) is 36.5 Å². The summed E-state index contributed by atoms with van der Waals surface area (Å²) >= 11 is 0. The van der Waals surface area contributed by atoms with Crippen LogP contribution in [0.3, 0.4) is 0 Å². The van der Waals surface area contributed by atoms with Crippen molar-refractivity contribution in [3.63, 3.8) is 0 Å². The third-order valence-corrected chi connectivity index (χ3v) is 8.43. The number of H-pyrrole nitrogens is 1. The second-order valence-electron chi connectivity index (χ2n) is 12.1. The smallest absolute Gasteiger partial charge is 0.433 e. The van der Waals surface area contributed by atoms with Crippen LogP contribution in [0.2, 0.25) is 0 Å². The number of alkyl halides is 3. The molecule has 1 fully saturated rings. The molecule has 0 saturated heterocycles. The Hall–Kier alpha value is -4.79. The summed E-state index contributed by atoms with van der Waals surface area (Å²) in [6.45, 7) is 5.01. The van der Waals surface area contributed by atoms with Gasteiger partial charge in [-0.1, -0.05) is 18.9 Å². The molecule has 1 amide bonds. The van der Waals surface area contributed by atoms with Gasteiger partial charge in [0.1, 0.15) is 16.9 Å². The summed E-state index contributed by atoms with van der Waals surface area (Å²) in [7, 11) is 3.58. The number of carbonyl (C=O) groups excluding carboxylic acids is 2. The maximum Gasteiger partial charge on any atom is 0.433 e. The van der Waals surface area contributed by atoms with Crippen LogP contribution in [-0.4, -0.2) is 77.3 Å². The van der Waals surface area contributed by atoms with Crippen molar-refractivity contribution in [1.29, 1.82) is 0 Å². The lowest BCUT2D eigenvalue weighted by Crippen LogP contribution is -2.37. The molecule has 0 spiro atoms. The number of carbonyl (C=O) groups is 2. The van der Waals surface area contributed by atoms with Gasteiger partial charge >= 0.3 is 12.1 Å². The number of methoxy groups -OCH3 is 1. The maximum atomic E-state index is 13.9. The van der Waals surface area contributed by atoms with Crippen LogP contribution in [0, 0.1) is 5.41 Å². The molecular formula is C34H40F3N7O5. The number of nitrogens with one attached hydrogen (secondary N) is 2. The fraction of sp³-hybridized carbons (Fsp3) is 0.471. The van der Waals surface area contributed by atoms with E-state index in [1.54, 1.807) is 39.2 Å². The number of hydrogen-bond acceptors (Lipinski definition) is 10. The highest BCUT2D eigenvalue weighted by atomic mass is 19.4. The van der Waals surface area contributed by atoms with Crippen molar-refractivity contribution in [2.75, 3.05) is 50.7 Å². The molecule has 0 unspecified atom stereocenters. The van der Waals surface area contributed by atoms with E-state index in [-0.39, 0.29) is 58.8 Å². The molecule has 4 aromatic heterocycles. The number of halogens is 3. The minimum atomic E-state index is -4.71. The van der Waals surface area contributed by atoms with Crippen molar-refractivity contribution in [1.82, 2.24) is 24.9 Å². The van der Waals surface area contributed by atoms with Gasteiger partial charge in [-0.25, -0.2) is 9.97 Å². The van der Waals surface area contributed by atoms with Gasteiger partial charge in [0.15, 0.2) is 5.65 Å². The molecule has 4 heterocycles. The topological polar surface area (TPSA) is 144 Å². The number of fused-ring (bicyclic) bond motifs is 1. The Morgan fingerprint density at radius 3 is 2.49 bits per heavy atom. The van der Waals surface area contributed by atoms with E-state index in [0.717, 1.165) is 37.3 Å². The van der Waals surface area contributed by atoms with Gasteiger partial charge in [0.05, 0.1) is 31.2 Å². The average Bonchev–Trinajstić information content (AvgIpc) is 3.70. The van der Waals surface area contributed by atoms with E-state index < -0.39 is 17.8 Å². The maximum absolute atomic E-state index is 13.9. The highest BCUT2D eigenvalue weighted by Gasteiger charge is 2.36. The zero-order chi connectivity index (χ0) is 35.2. The van der Waals surface area contributed by atoms with E-state index in [2.05, 4.69) is 30.2 Å². The Bertz CT molecular complexity index is 1770. The van der Waals surface area contributed by atoms with E-state index in [9.17, 15) is 22.8 Å². The number of hydrogen-bond donors (Lipinski definition) is 2. The number of nitrogens with zero attached hydrogens (tertiary/aromatic N) is 5. The van der Waals surface area contributed by atoms with Crippen LogP contribution < -0.4 is 15.0 Å². The molecule has 2 N–H and O–H groups in total. The van der Waals surface area contributed by atoms with Crippen LogP contribution in [0.4, 0.5) is 24.8 Å². The number of amides is 1. The third-order valence-electron chi connectivity index (χ3n) is 8.43. The quantitative estimate of drug-likeness (QED) is 0.147. The molecule has 0 bridgehead atoms. The molecule has 0 radical (unpaired) electrons. The lowest BCUT2D eigenvalue weighted by molar-refractivity contribution is -0.143. The minimum absolute atomic E-state index is 0.0840. The monoisotopic (exact) mass is 683 g/mol. The standard InChI is InChI=1S/C34H40F3N7O5/c1-5-48-27-16-22(15-26(40-27)34(35,36)37)24-17-25(44(3)19-33(20-47-4)13-7-8-14-33)29-30(39-24)42-32(41-29)43-31(46)23-11-9-21(18-38-23)10-12-28(45)49-6-2/h9,11,15-18H,5-8,10,12-14,19-20H2,1-4H3,(H2,39,41,42,43,46). The van der Waals surface area contributed by atoms with Gasteiger partial charge in [0.25, 0.3) is 5.91 Å². The molecule has 0 aromatic carbocycles. The first-order valence-electron chi connectivity index (χ1n) is 16.2. The number of esters is 1. The molecule has 4 aromatic rings. The number of aromatic nitrogens is 5. The Morgan fingerprint density at radius 1 is 1.06 bits per heavy atom. The van der Waals surface area contributed by atoms with Crippen LogP contribution >= 0.6 is 0 Å². The van der Waals surface area contributed by atoms with Crippen molar-refractivity contribution < 1.29 is 37.0 Å². The van der Waals surface area contributed by atoms with Crippen molar-refractivity contribution in [3.05, 3.63) is 53.5 Å². The summed E-state index contributed by atoms with van der Waals surface area (Å²) in [5, 5.41) is 2.72. The Balaban J connectivity index is 1.49. The van der Waals surface area contributed by atoms with Crippen molar-refractivity contribution in [3.8, 4) is 17.1 Å². The molecule has 0 atom stereocenters. The summed E-state index contributed by atoms with van der Waals surface area (Å²) in [4.78, 5) is 47.0. The van der Waals surface area contributed by atoms with Crippen LogP contribution in [0.25, 0.3) is 22.4 Å². The van der Waals surface area contributed by atoms with Crippen molar-refractivity contribution >= 4 is 34.7 Å².